The minimum absolute atomic E-state index is 0.0424. The number of rotatable bonds is 4. The van der Waals surface area contributed by atoms with E-state index in [0.29, 0.717) is 10.2 Å². The van der Waals surface area contributed by atoms with Crippen molar-refractivity contribution in [3.05, 3.63) is 56.7 Å². The fourth-order valence-corrected chi connectivity index (χ4v) is 1.85. The summed E-state index contributed by atoms with van der Waals surface area (Å²) in [5.41, 5.74) is 0.276. The molecule has 0 unspecified atom stereocenters. The number of nitro groups is 1. The molecule has 20 heavy (non-hydrogen) atoms. The predicted octanol–water partition coefficient (Wildman–Crippen LogP) is 3.19. The number of halogens is 1. The summed E-state index contributed by atoms with van der Waals surface area (Å²) in [6, 6.07) is 7.25. The number of carboxylic acids is 1. The van der Waals surface area contributed by atoms with Gasteiger partial charge in [-0.2, -0.15) is 0 Å². The SMILES string of the molecule is O=C(O)c1cccc(Nc2ncc(Br)cc2[N+](=O)[O-])c1. The van der Waals surface area contributed by atoms with Gasteiger partial charge in [-0.05, 0) is 34.1 Å². The van der Waals surface area contributed by atoms with Gasteiger partial charge in [-0.3, -0.25) is 10.1 Å². The summed E-state index contributed by atoms with van der Waals surface area (Å²) < 4.78 is 0.481. The Morgan fingerprint density at radius 2 is 2.15 bits per heavy atom. The van der Waals surface area contributed by atoms with Crippen LogP contribution in [0.25, 0.3) is 0 Å². The average Bonchev–Trinajstić information content (AvgIpc) is 2.41. The van der Waals surface area contributed by atoms with E-state index < -0.39 is 10.9 Å². The maximum atomic E-state index is 10.9. The summed E-state index contributed by atoms with van der Waals surface area (Å²) in [4.78, 5) is 25.2. The van der Waals surface area contributed by atoms with Crippen molar-refractivity contribution in [1.29, 1.82) is 0 Å². The molecule has 0 spiro atoms. The minimum atomic E-state index is -1.08. The van der Waals surface area contributed by atoms with Crippen molar-refractivity contribution in [2.45, 2.75) is 0 Å². The number of pyridine rings is 1. The predicted molar refractivity (Wildman–Crippen MR) is 75.3 cm³/mol. The lowest BCUT2D eigenvalue weighted by atomic mass is 10.2. The van der Waals surface area contributed by atoms with E-state index in [-0.39, 0.29) is 17.1 Å². The maximum Gasteiger partial charge on any atom is 0.335 e. The first-order valence-corrected chi connectivity index (χ1v) is 6.17. The zero-order chi connectivity index (χ0) is 14.7. The first kappa shape index (κ1) is 13.9. The molecule has 1 aromatic carbocycles. The van der Waals surface area contributed by atoms with E-state index in [0.717, 1.165) is 0 Å². The van der Waals surface area contributed by atoms with Gasteiger partial charge < -0.3 is 10.4 Å². The number of aromatic nitrogens is 1. The molecule has 0 bridgehead atoms. The number of benzene rings is 1. The summed E-state index contributed by atoms with van der Waals surface area (Å²) in [5.74, 6) is -1.03. The Labute approximate surface area is 121 Å². The Bertz CT molecular complexity index is 690. The van der Waals surface area contributed by atoms with Crippen molar-refractivity contribution < 1.29 is 14.8 Å². The molecule has 0 atom stereocenters. The number of carbonyl (C=O) groups is 1. The summed E-state index contributed by atoms with van der Waals surface area (Å²) in [6.45, 7) is 0. The van der Waals surface area contributed by atoms with Crippen LogP contribution in [0.15, 0.2) is 41.0 Å². The van der Waals surface area contributed by atoms with Gasteiger partial charge in [0.15, 0.2) is 0 Å². The van der Waals surface area contributed by atoms with E-state index in [1.807, 2.05) is 0 Å². The lowest BCUT2D eigenvalue weighted by Crippen LogP contribution is -2.01. The molecular weight excluding hydrogens is 330 g/mol. The number of nitrogens with one attached hydrogen (secondary N) is 1. The third-order valence-electron chi connectivity index (χ3n) is 2.40. The molecule has 2 aromatic rings. The average molecular weight is 338 g/mol. The van der Waals surface area contributed by atoms with Gasteiger partial charge in [0.25, 0.3) is 0 Å². The summed E-state index contributed by atoms with van der Waals surface area (Å²) in [6.07, 6.45) is 1.41. The van der Waals surface area contributed by atoms with Crippen LogP contribution in [0.2, 0.25) is 0 Å². The number of anilines is 2. The van der Waals surface area contributed by atoms with Crippen LogP contribution >= 0.6 is 15.9 Å². The molecule has 102 valence electrons. The Hall–Kier alpha value is -2.48. The largest absolute Gasteiger partial charge is 0.478 e. The van der Waals surface area contributed by atoms with Crippen molar-refractivity contribution in [2.24, 2.45) is 0 Å². The normalized spacial score (nSPS) is 10.1. The van der Waals surface area contributed by atoms with Crippen LogP contribution in [0.3, 0.4) is 0 Å². The molecule has 0 aliphatic carbocycles. The molecule has 7 nitrogen and oxygen atoms in total. The van der Waals surface area contributed by atoms with Gasteiger partial charge in [0.1, 0.15) is 0 Å². The van der Waals surface area contributed by atoms with Crippen LogP contribution < -0.4 is 5.32 Å². The van der Waals surface area contributed by atoms with E-state index in [9.17, 15) is 14.9 Å². The van der Waals surface area contributed by atoms with E-state index in [2.05, 4.69) is 26.2 Å². The quantitative estimate of drug-likeness (QED) is 0.655. The topological polar surface area (TPSA) is 105 Å². The van der Waals surface area contributed by atoms with Crippen molar-refractivity contribution in [2.75, 3.05) is 5.32 Å². The third kappa shape index (κ3) is 3.09. The zero-order valence-corrected chi connectivity index (χ0v) is 11.5. The molecule has 0 aliphatic rings. The fraction of sp³-hybridized carbons (Fsp3) is 0. The highest BCUT2D eigenvalue weighted by atomic mass is 79.9. The molecule has 0 saturated heterocycles. The maximum absolute atomic E-state index is 10.9. The van der Waals surface area contributed by atoms with Crippen molar-refractivity contribution >= 4 is 39.1 Å². The smallest absolute Gasteiger partial charge is 0.335 e. The van der Waals surface area contributed by atoms with Gasteiger partial charge in [-0.25, -0.2) is 9.78 Å². The lowest BCUT2D eigenvalue weighted by Gasteiger charge is -2.07. The Kier molecular flexibility index (Phi) is 3.94. The Balaban J connectivity index is 2.37. The monoisotopic (exact) mass is 337 g/mol. The van der Waals surface area contributed by atoms with Gasteiger partial charge in [0.05, 0.1) is 10.5 Å². The van der Waals surface area contributed by atoms with Gasteiger partial charge in [-0.15, -0.1) is 0 Å². The third-order valence-corrected chi connectivity index (χ3v) is 2.84. The van der Waals surface area contributed by atoms with Crippen LogP contribution in [-0.4, -0.2) is 21.0 Å². The number of hydrogen-bond acceptors (Lipinski definition) is 5. The molecule has 2 N–H and O–H groups in total. The summed E-state index contributed by atoms with van der Waals surface area (Å²) in [7, 11) is 0. The van der Waals surface area contributed by atoms with Gasteiger partial charge in [0.2, 0.25) is 5.82 Å². The van der Waals surface area contributed by atoms with Gasteiger partial charge >= 0.3 is 11.7 Å². The first-order chi connectivity index (χ1) is 9.47. The van der Waals surface area contributed by atoms with E-state index in [1.165, 1.54) is 30.5 Å². The Morgan fingerprint density at radius 3 is 2.80 bits per heavy atom. The number of hydrogen-bond donors (Lipinski definition) is 2. The molecule has 0 aliphatic heterocycles. The molecule has 0 radical (unpaired) electrons. The summed E-state index contributed by atoms with van der Waals surface area (Å²) >= 11 is 3.11. The summed E-state index contributed by atoms with van der Waals surface area (Å²) in [5, 5.41) is 22.6. The molecule has 2 rings (SSSR count). The number of aromatic carboxylic acids is 1. The van der Waals surface area contributed by atoms with E-state index in [4.69, 9.17) is 5.11 Å². The minimum Gasteiger partial charge on any atom is -0.478 e. The van der Waals surface area contributed by atoms with Crippen molar-refractivity contribution in [1.82, 2.24) is 4.98 Å². The molecule has 8 heteroatoms. The molecule has 1 aromatic heterocycles. The standard InChI is InChI=1S/C12H8BrN3O4/c13-8-5-10(16(19)20)11(14-6-8)15-9-3-1-2-7(4-9)12(17)18/h1-6H,(H,14,15)(H,17,18). The van der Waals surface area contributed by atoms with Crippen molar-refractivity contribution in [3.63, 3.8) is 0 Å². The van der Waals surface area contributed by atoms with Crippen LogP contribution in [0.4, 0.5) is 17.2 Å². The number of nitrogens with zero attached hydrogens (tertiary/aromatic N) is 2. The molecule has 0 saturated carbocycles. The van der Waals surface area contributed by atoms with E-state index in [1.54, 1.807) is 6.07 Å². The highest BCUT2D eigenvalue weighted by Gasteiger charge is 2.16. The zero-order valence-electron chi connectivity index (χ0n) is 9.91. The van der Waals surface area contributed by atoms with Crippen LogP contribution in [0.1, 0.15) is 10.4 Å². The van der Waals surface area contributed by atoms with Crippen LogP contribution in [0.5, 0.6) is 0 Å². The highest BCUT2D eigenvalue weighted by molar-refractivity contribution is 9.10. The second kappa shape index (κ2) is 5.66. The number of carboxylic acid groups (broad SMARTS) is 1. The van der Waals surface area contributed by atoms with Crippen LogP contribution in [0, 0.1) is 10.1 Å². The first-order valence-electron chi connectivity index (χ1n) is 5.37. The molecule has 0 amide bonds. The lowest BCUT2D eigenvalue weighted by molar-refractivity contribution is -0.384. The fourth-order valence-electron chi connectivity index (χ4n) is 1.53. The highest BCUT2D eigenvalue weighted by Crippen LogP contribution is 2.28. The second-order valence-corrected chi connectivity index (χ2v) is 4.71. The second-order valence-electron chi connectivity index (χ2n) is 3.79. The van der Waals surface area contributed by atoms with Crippen LogP contribution in [-0.2, 0) is 0 Å². The van der Waals surface area contributed by atoms with E-state index >= 15 is 0 Å². The van der Waals surface area contributed by atoms with Gasteiger partial charge in [0, 0.05) is 22.4 Å². The van der Waals surface area contributed by atoms with Gasteiger partial charge in [-0.1, -0.05) is 6.07 Å². The Morgan fingerprint density at radius 1 is 1.40 bits per heavy atom. The van der Waals surface area contributed by atoms with Crippen molar-refractivity contribution in [3.8, 4) is 0 Å². The molecular formula is C12H8BrN3O4. The molecule has 0 fully saturated rings. The molecule has 1 heterocycles.